The Bertz CT molecular complexity index is 1000. The lowest BCUT2D eigenvalue weighted by molar-refractivity contribution is 0.0938. The molecule has 0 aromatic heterocycles. The first-order valence-electron chi connectivity index (χ1n) is 10.5. The largest absolute Gasteiger partial charge is 0.497 e. The molecule has 3 rings (SSSR count). The van der Waals surface area contributed by atoms with E-state index in [4.69, 9.17) is 4.74 Å². The van der Waals surface area contributed by atoms with Crippen molar-refractivity contribution in [2.24, 2.45) is 0 Å². The van der Waals surface area contributed by atoms with E-state index in [1.807, 2.05) is 31.2 Å². The van der Waals surface area contributed by atoms with E-state index in [0.717, 1.165) is 49.1 Å². The highest BCUT2D eigenvalue weighted by molar-refractivity contribution is 7.89. The minimum absolute atomic E-state index is 0.133. The van der Waals surface area contributed by atoms with Crippen molar-refractivity contribution in [1.29, 1.82) is 0 Å². The normalized spacial score (nSPS) is 16.0. The monoisotopic (exact) mass is 448 g/mol. The summed E-state index contributed by atoms with van der Waals surface area (Å²) in [6, 6.07) is 11.1. The zero-order valence-electron chi connectivity index (χ0n) is 17.9. The number of nitrogens with one attached hydrogen (secondary N) is 1. The number of carbonyl (C=O) groups excluding carboxylic acids is 1. The standard InChI is InChI=1S/C23H29FN2O4S/c1-17(6-7-18-8-11-20(30-2)12-9-18)25-23(27)19-10-13-21(24)22(16-19)31(28,29)26-14-4-3-5-15-26/h8-13,16-17H,3-7,14-15H2,1-2H3,(H,25,27). The fraction of sp³-hybridized carbons (Fsp3) is 0.435. The van der Waals surface area contributed by atoms with Crippen LogP contribution in [0.15, 0.2) is 47.4 Å². The molecule has 1 unspecified atom stereocenters. The maximum Gasteiger partial charge on any atom is 0.251 e. The van der Waals surface area contributed by atoms with Crippen molar-refractivity contribution >= 4 is 15.9 Å². The van der Waals surface area contributed by atoms with Gasteiger partial charge in [-0.1, -0.05) is 18.6 Å². The molecule has 2 aromatic rings. The Morgan fingerprint density at radius 2 is 1.81 bits per heavy atom. The number of nitrogens with zero attached hydrogens (tertiary/aromatic N) is 1. The van der Waals surface area contributed by atoms with Crippen LogP contribution in [0.1, 0.15) is 48.5 Å². The average molecular weight is 449 g/mol. The Labute approximate surface area is 183 Å². The van der Waals surface area contributed by atoms with Crippen LogP contribution in [0.5, 0.6) is 5.75 Å². The highest BCUT2D eigenvalue weighted by Crippen LogP contribution is 2.24. The maximum atomic E-state index is 14.4. The number of hydrogen-bond acceptors (Lipinski definition) is 4. The molecular formula is C23H29FN2O4S. The van der Waals surface area contributed by atoms with Crippen LogP contribution in [-0.4, -0.2) is 44.9 Å². The molecule has 1 aliphatic heterocycles. The van der Waals surface area contributed by atoms with E-state index in [1.54, 1.807) is 7.11 Å². The number of aryl methyl sites for hydroxylation is 1. The lowest BCUT2D eigenvalue weighted by Crippen LogP contribution is -2.36. The van der Waals surface area contributed by atoms with Crippen molar-refractivity contribution < 1.29 is 22.3 Å². The number of rotatable bonds is 8. The topological polar surface area (TPSA) is 75.7 Å². The molecule has 1 N–H and O–H groups in total. The number of ether oxygens (including phenoxy) is 1. The van der Waals surface area contributed by atoms with E-state index in [2.05, 4.69) is 5.32 Å². The van der Waals surface area contributed by atoms with Crippen LogP contribution in [0.2, 0.25) is 0 Å². The number of sulfonamides is 1. The van der Waals surface area contributed by atoms with E-state index < -0.39 is 26.6 Å². The summed E-state index contributed by atoms with van der Waals surface area (Å²) in [5.74, 6) is -0.469. The molecule has 8 heteroatoms. The molecule has 1 heterocycles. The molecule has 168 valence electrons. The summed E-state index contributed by atoms with van der Waals surface area (Å²) >= 11 is 0. The Morgan fingerprint density at radius 1 is 1.13 bits per heavy atom. The van der Waals surface area contributed by atoms with Gasteiger partial charge in [0.2, 0.25) is 10.0 Å². The third-order valence-corrected chi connectivity index (χ3v) is 7.44. The molecular weight excluding hydrogens is 419 g/mol. The average Bonchev–Trinajstić information content (AvgIpc) is 2.78. The maximum absolute atomic E-state index is 14.4. The van der Waals surface area contributed by atoms with Gasteiger partial charge in [-0.15, -0.1) is 0 Å². The first-order valence-corrected chi connectivity index (χ1v) is 12.0. The van der Waals surface area contributed by atoms with Crippen LogP contribution in [-0.2, 0) is 16.4 Å². The van der Waals surface area contributed by atoms with Gasteiger partial charge in [-0.3, -0.25) is 4.79 Å². The van der Waals surface area contributed by atoms with Gasteiger partial charge in [0, 0.05) is 24.7 Å². The molecule has 0 saturated carbocycles. The zero-order valence-corrected chi connectivity index (χ0v) is 18.8. The summed E-state index contributed by atoms with van der Waals surface area (Å²) in [4.78, 5) is 12.2. The third-order valence-electron chi connectivity index (χ3n) is 5.53. The van der Waals surface area contributed by atoms with Crippen LogP contribution in [0.4, 0.5) is 4.39 Å². The van der Waals surface area contributed by atoms with Crippen LogP contribution in [0, 0.1) is 5.82 Å². The van der Waals surface area contributed by atoms with Crippen LogP contribution >= 0.6 is 0 Å². The number of piperidine rings is 1. The molecule has 0 aliphatic carbocycles. The van der Waals surface area contributed by atoms with Gasteiger partial charge >= 0.3 is 0 Å². The molecule has 1 atom stereocenters. The second-order valence-electron chi connectivity index (χ2n) is 7.87. The zero-order chi connectivity index (χ0) is 22.4. The van der Waals surface area contributed by atoms with Crippen molar-refractivity contribution in [3.05, 3.63) is 59.4 Å². The Hall–Kier alpha value is -2.45. The van der Waals surface area contributed by atoms with Gasteiger partial charge in [-0.2, -0.15) is 4.31 Å². The third kappa shape index (κ3) is 5.83. The smallest absolute Gasteiger partial charge is 0.251 e. The minimum atomic E-state index is -3.96. The highest BCUT2D eigenvalue weighted by atomic mass is 32.2. The van der Waals surface area contributed by atoms with Crippen molar-refractivity contribution in [1.82, 2.24) is 9.62 Å². The van der Waals surface area contributed by atoms with Crippen molar-refractivity contribution in [3.63, 3.8) is 0 Å². The van der Waals surface area contributed by atoms with Crippen molar-refractivity contribution in [2.75, 3.05) is 20.2 Å². The van der Waals surface area contributed by atoms with Gasteiger partial charge in [0.15, 0.2) is 0 Å². The first-order chi connectivity index (χ1) is 14.8. The quantitative estimate of drug-likeness (QED) is 0.667. The van der Waals surface area contributed by atoms with E-state index in [9.17, 15) is 17.6 Å². The number of hydrogen-bond donors (Lipinski definition) is 1. The van der Waals surface area contributed by atoms with E-state index in [0.29, 0.717) is 19.5 Å². The van der Waals surface area contributed by atoms with Crippen molar-refractivity contribution in [2.45, 2.75) is 50.0 Å². The van der Waals surface area contributed by atoms with E-state index in [-0.39, 0.29) is 11.6 Å². The molecule has 0 bridgehead atoms. The van der Waals surface area contributed by atoms with Crippen LogP contribution in [0.3, 0.4) is 0 Å². The second-order valence-corrected chi connectivity index (χ2v) is 9.78. The molecule has 1 aliphatic rings. The fourth-order valence-electron chi connectivity index (χ4n) is 3.64. The first kappa shape index (κ1) is 23.2. The molecule has 0 spiro atoms. The van der Waals surface area contributed by atoms with Gasteiger partial charge in [0.1, 0.15) is 16.5 Å². The Morgan fingerprint density at radius 3 is 2.45 bits per heavy atom. The van der Waals surface area contributed by atoms with Gasteiger partial charge in [0.25, 0.3) is 5.91 Å². The number of carbonyl (C=O) groups is 1. The van der Waals surface area contributed by atoms with Gasteiger partial charge in [0.05, 0.1) is 7.11 Å². The number of amides is 1. The highest BCUT2D eigenvalue weighted by Gasteiger charge is 2.29. The molecule has 1 fully saturated rings. The van der Waals surface area contributed by atoms with E-state index in [1.165, 1.54) is 10.4 Å². The van der Waals surface area contributed by atoms with Crippen molar-refractivity contribution in [3.8, 4) is 5.75 Å². The van der Waals surface area contributed by atoms with Gasteiger partial charge in [-0.05, 0) is 68.5 Å². The lowest BCUT2D eigenvalue weighted by atomic mass is 10.1. The number of halogens is 1. The van der Waals surface area contributed by atoms with Gasteiger partial charge < -0.3 is 10.1 Å². The van der Waals surface area contributed by atoms with Crippen LogP contribution < -0.4 is 10.1 Å². The number of methoxy groups -OCH3 is 1. The Kier molecular flexibility index (Phi) is 7.67. The molecule has 0 radical (unpaired) electrons. The predicted octanol–water partition coefficient (Wildman–Crippen LogP) is 3.76. The lowest BCUT2D eigenvalue weighted by Gasteiger charge is -2.26. The molecule has 2 aromatic carbocycles. The summed E-state index contributed by atoms with van der Waals surface area (Å²) in [5.41, 5.74) is 1.26. The summed E-state index contributed by atoms with van der Waals surface area (Å²) in [5, 5.41) is 2.87. The second kappa shape index (κ2) is 10.2. The molecule has 31 heavy (non-hydrogen) atoms. The molecule has 1 amide bonds. The molecule has 6 nitrogen and oxygen atoms in total. The van der Waals surface area contributed by atoms with Gasteiger partial charge in [-0.25, -0.2) is 12.8 Å². The van der Waals surface area contributed by atoms with E-state index >= 15 is 0 Å². The summed E-state index contributed by atoms with van der Waals surface area (Å²) in [6.45, 7) is 2.64. The molecule has 1 saturated heterocycles. The predicted molar refractivity (Wildman–Crippen MR) is 117 cm³/mol. The summed E-state index contributed by atoms with van der Waals surface area (Å²) in [7, 11) is -2.34. The van der Waals surface area contributed by atoms with Crippen LogP contribution in [0.25, 0.3) is 0 Å². The number of benzene rings is 2. The summed E-state index contributed by atoms with van der Waals surface area (Å²) in [6.07, 6.45) is 3.95. The minimum Gasteiger partial charge on any atom is -0.497 e. The Balaban J connectivity index is 1.65. The summed E-state index contributed by atoms with van der Waals surface area (Å²) < 4.78 is 46.5. The SMILES string of the molecule is COc1ccc(CCC(C)NC(=O)c2ccc(F)c(S(=O)(=O)N3CCCCC3)c2)cc1. The fourth-order valence-corrected chi connectivity index (χ4v) is 5.25.